The number of halogens is 4. The second-order valence-electron chi connectivity index (χ2n) is 8.88. The van der Waals surface area contributed by atoms with Crippen LogP contribution in [0.2, 0.25) is 10.0 Å². The van der Waals surface area contributed by atoms with Crippen molar-refractivity contribution >= 4 is 49.8 Å². The fourth-order valence-corrected chi connectivity index (χ4v) is 6.08. The fraction of sp³-hybridized carbons (Fsp3) is 0.160. The molecule has 2 heterocycles. The monoisotopic (exact) mass is 592 g/mol. The molecule has 3 aromatic carbocycles. The van der Waals surface area contributed by atoms with Gasteiger partial charge in [-0.25, -0.2) is 26.9 Å². The average Bonchev–Trinajstić information content (AvgIpc) is 3.54. The van der Waals surface area contributed by atoms with Gasteiger partial charge in [0, 0.05) is 33.9 Å². The maximum absolute atomic E-state index is 14.9. The van der Waals surface area contributed by atoms with Crippen LogP contribution in [0.1, 0.15) is 18.5 Å². The summed E-state index contributed by atoms with van der Waals surface area (Å²) in [5, 5.41) is 21.1. The molecule has 0 aliphatic rings. The van der Waals surface area contributed by atoms with E-state index >= 15 is 0 Å². The molecular formula is C25H20Cl2F2N6O3S. The van der Waals surface area contributed by atoms with E-state index in [9.17, 15) is 22.3 Å². The third kappa shape index (κ3) is 5.33. The van der Waals surface area contributed by atoms with Gasteiger partial charge in [-0.15, -0.1) is 0 Å². The van der Waals surface area contributed by atoms with Gasteiger partial charge in [0.05, 0.1) is 23.1 Å². The highest BCUT2D eigenvalue weighted by Crippen LogP contribution is 2.37. The predicted octanol–water partition coefficient (Wildman–Crippen LogP) is 5.16. The molecule has 2 N–H and O–H groups in total. The van der Waals surface area contributed by atoms with E-state index in [0.29, 0.717) is 17.0 Å². The number of nitrogens with zero attached hydrogens (tertiary/aromatic N) is 5. The van der Waals surface area contributed by atoms with Crippen LogP contribution < -0.4 is 4.72 Å². The first-order valence-electron chi connectivity index (χ1n) is 11.4. The predicted molar refractivity (Wildman–Crippen MR) is 142 cm³/mol. The van der Waals surface area contributed by atoms with Crippen molar-refractivity contribution in [2.75, 3.05) is 4.72 Å². The summed E-state index contributed by atoms with van der Waals surface area (Å²) in [5.74, 6) is -1.72. The summed E-state index contributed by atoms with van der Waals surface area (Å²) < 4.78 is 59.7. The topological polar surface area (TPSA) is 115 Å². The summed E-state index contributed by atoms with van der Waals surface area (Å²) in [7, 11) is -4.06. The number of nitrogens with one attached hydrogen (secondary N) is 1. The van der Waals surface area contributed by atoms with Gasteiger partial charge in [-0.05, 0) is 49.4 Å². The van der Waals surface area contributed by atoms with Crippen LogP contribution in [0.15, 0.2) is 78.3 Å². The normalized spacial score (nSPS) is 14.3. The van der Waals surface area contributed by atoms with Crippen LogP contribution >= 0.6 is 23.2 Å². The lowest BCUT2D eigenvalue weighted by Gasteiger charge is -2.34. The molecule has 9 nitrogen and oxygen atoms in total. The molecule has 5 aromatic rings. The Kier molecular flexibility index (Phi) is 7.06. The molecule has 0 bridgehead atoms. The number of sulfonamides is 1. The van der Waals surface area contributed by atoms with Gasteiger partial charge in [0.1, 0.15) is 34.8 Å². The minimum atomic E-state index is -4.06. The van der Waals surface area contributed by atoms with Gasteiger partial charge in [-0.1, -0.05) is 29.3 Å². The summed E-state index contributed by atoms with van der Waals surface area (Å²) in [4.78, 5) is 3.69. The highest BCUT2D eigenvalue weighted by molar-refractivity contribution is 7.92. The van der Waals surface area contributed by atoms with Gasteiger partial charge in [0.15, 0.2) is 0 Å². The lowest BCUT2D eigenvalue weighted by atomic mass is 9.86. The number of benzene rings is 3. The fourth-order valence-electron chi connectivity index (χ4n) is 4.26. The van der Waals surface area contributed by atoms with Crippen LogP contribution in [0.25, 0.3) is 10.9 Å². The maximum atomic E-state index is 14.9. The van der Waals surface area contributed by atoms with Crippen molar-refractivity contribution in [3.8, 4) is 0 Å². The van der Waals surface area contributed by atoms with Crippen LogP contribution in [-0.4, -0.2) is 38.1 Å². The maximum Gasteiger partial charge on any atom is 0.263 e. The number of hydrogen-bond acceptors (Lipinski definition) is 6. The van der Waals surface area contributed by atoms with Crippen molar-refractivity contribution in [1.29, 1.82) is 0 Å². The average molecular weight is 593 g/mol. The van der Waals surface area contributed by atoms with Crippen LogP contribution in [0.3, 0.4) is 0 Å². The zero-order chi connectivity index (χ0) is 27.9. The van der Waals surface area contributed by atoms with Crippen molar-refractivity contribution < 1.29 is 22.3 Å². The van der Waals surface area contributed by atoms with E-state index in [2.05, 4.69) is 19.9 Å². The molecular weight excluding hydrogens is 573 g/mol. The van der Waals surface area contributed by atoms with Gasteiger partial charge in [-0.2, -0.15) is 10.2 Å². The van der Waals surface area contributed by atoms with E-state index in [1.807, 2.05) is 0 Å². The Labute approximate surface area is 231 Å². The second-order valence-corrected chi connectivity index (χ2v) is 11.4. The Hall–Kier alpha value is -3.58. The quantitative estimate of drug-likeness (QED) is 0.257. The number of aromatic nitrogens is 5. The third-order valence-corrected chi connectivity index (χ3v) is 8.41. The number of fused-ring (bicyclic) bond motifs is 1. The molecule has 0 radical (unpaired) electrons. The molecule has 0 aliphatic heterocycles. The molecule has 0 saturated carbocycles. The molecule has 0 aliphatic carbocycles. The van der Waals surface area contributed by atoms with Crippen molar-refractivity contribution in [2.24, 2.45) is 0 Å². The van der Waals surface area contributed by atoms with Crippen molar-refractivity contribution in [1.82, 2.24) is 24.5 Å². The smallest absolute Gasteiger partial charge is 0.263 e. The summed E-state index contributed by atoms with van der Waals surface area (Å²) in [6.07, 6.45) is 4.22. The number of anilines is 1. The van der Waals surface area contributed by atoms with Crippen molar-refractivity contribution in [2.45, 2.75) is 30.0 Å². The first kappa shape index (κ1) is 27.0. The molecule has 0 unspecified atom stereocenters. The third-order valence-electron chi connectivity index (χ3n) is 6.31. The van der Waals surface area contributed by atoms with E-state index in [1.165, 1.54) is 52.4 Å². The zero-order valence-electron chi connectivity index (χ0n) is 20.1. The Bertz CT molecular complexity index is 1780. The van der Waals surface area contributed by atoms with Crippen LogP contribution in [0.5, 0.6) is 0 Å². The summed E-state index contributed by atoms with van der Waals surface area (Å²) >= 11 is 12.0. The van der Waals surface area contributed by atoms with Crippen molar-refractivity contribution in [3.05, 3.63) is 101 Å². The Morgan fingerprint density at radius 3 is 2.62 bits per heavy atom. The lowest BCUT2D eigenvalue weighted by molar-refractivity contribution is -0.0366. The zero-order valence-corrected chi connectivity index (χ0v) is 22.5. The lowest BCUT2D eigenvalue weighted by Crippen LogP contribution is -2.40. The molecule has 39 heavy (non-hydrogen) atoms. The summed E-state index contributed by atoms with van der Waals surface area (Å²) in [5.41, 5.74) is -1.37. The highest BCUT2D eigenvalue weighted by Gasteiger charge is 2.41. The van der Waals surface area contributed by atoms with E-state index < -0.39 is 33.3 Å². The SMILES string of the molecule is C[C@@H](n1cc2cc(NS(=O)(=O)c3cc(Cl)ccc3Cl)ccc2n1)[C@](O)(Cn1cncn1)c1ccc(F)cc1F. The van der Waals surface area contributed by atoms with Gasteiger partial charge in [0.25, 0.3) is 10.0 Å². The second kappa shape index (κ2) is 10.2. The molecule has 0 saturated heterocycles. The van der Waals surface area contributed by atoms with E-state index in [-0.39, 0.29) is 32.7 Å². The van der Waals surface area contributed by atoms with E-state index in [4.69, 9.17) is 23.2 Å². The molecule has 2 aromatic heterocycles. The van der Waals surface area contributed by atoms with Gasteiger partial charge >= 0.3 is 0 Å². The van der Waals surface area contributed by atoms with Crippen LogP contribution in [0, 0.1) is 11.6 Å². The van der Waals surface area contributed by atoms with E-state index in [0.717, 1.165) is 6.07 Å². The van der Waals surface area contributed by atoms with Gasteiger partial charge in [-0.3, -0.25) is 9.40 Å². The van der Waals surface area contributed by atoms with Gasteiger partial charge in [0.2, 0.25) is 0 Å². The number of rotatable bonds is 8. The van der Waals surface area contributed by atoms with Crippen molar-refractivity contribution in [3.63, 3.8) is 0 Å². The molecule has 0 amide bonds. The standard InChI is InChI=1S/C25H20Cl2F2N6O3S/c1-15(25(36,12-34-14-30-13-31-34)20-5-3-18(28)10-22(20)29)35-11-16-8-19(4-7-23(16)32-35)33-39(37,38)24-9-17(26)2-6-21(24)27/h2-11,13-15,33,36H,12H2,1H3/t15-,25-/m1/s1. The minimum absolute atomic E-state index is 0.00863. The Balaban J connectivity index is 1.50. The molecule has 5 rings (SSSR count). The van der Waals surface area contributed by atoms with E-state index in [1.54, 1.807) is 25.3 Å². The number of aliphatic hydroxyl groups is 1. The Morgan fingerprint density at radius 2 is 1.90 bits per heavy atom. The van der Waals surface area contributed by atoms with Gasteiger partial charge < -0.3 is 5.11 Å². The summed E-state index contributed by atoms with van der Waals surface area (Å²) in [6, 6.07) is 10.8. The largest absolute Gasteiger partial charge is 0.381 e. The van der Waals surface area contributed by atoms with Crippen LogP contribution in [0.4, 0.5) is 14.5 Å². The molecule has 2 atom stereocenters. The first-order chi connectivity index (χ1) is 18.5. The molecule has 202 valence electrons. The first-order valence-corrected chi connectivity index (χ1v) is 13.7. The number of hydrogen-bond donors (Lipinski definition) is 2. The minimum Gasteiger partial charge on any atom is -0.381 e. The molecule has 0 fully saturated rings. The molecule has 14 heteroatoms. The highest BCUT2D eigenvalue weighted by atomic mass is 35.5. The molecule has 0 spiro atoms. The van der Waals surface area contributed by atoms with Crippen LogP contribution in [-0.2, 0) is 22.2 Å². The summed E-state index contributed by atoms with van der Waals surface area (Å²) in [6.45, 7) is 1.41. The Morgan fingerprint density at radius 1 is 1.10 bits per heavy atom.